The average Bonchev–Trinajstić information content (AvgIpc) is 1.62. The van der Waals surface area contributed by atoms with Gasteiger partial charge in [-0.3, -0.25) is 4.57 Å². The minimum absolute atomic E-state index is 0.248. The Labute approximate surface area is 48.9 Å². The van der Waals surface area contributed by atoms with Gasteiger partial charge in [0, 0.05) is 0 Å². The fraction of sp³-hybridized carbons (Fsp3) is 0.750. The molecule has 0 aliphatic rings. The number of hydrogen-bond acceptors (Lipinski definition) is 1. The highest BCUT2D eigenvalue weighted by molar-refractivity contribution is 7.55. The molecule has 0 aromatic rings. The van der Waals surface area contributed by atoms with Crippen molar-refractivity contribution in [3.8, 4) is 0 Å². The van der Waals surface area contributed by atoms with Gasteiger partial charge in [0.1, 0.15) is 0 Å². The quantitative estimate of drug-likeness (QED) is 0.561. The highest BCUT2D eigenvalue weighted by Crippen LogP contribution is 2.48. The lowest BCUT2D eigenvalue weighted by Crippen LogP contribution is -1.89. The zero-order valence-corrected chi connectivity index (χ0v) is 5.85. The summed E-state index contributed by atoms with van der Waals surface area (Å²) in [4.78, 5) is 16.7. The second-order valence-electron chi connectivity index (χ2n) is 1.63. The lowest BCUT2D eigenvalue weighted by Gasteiger charge is -2.07. The van der Waals surface area contributed by atoms with Gasteiger partial charge < -0.3 is 9.79 Å². The molecule has 0 saturated heterocycles. The van der Waals surface area contributed by atoms with Crippen molar-refractivity contribution < 1.29 is 14.4 Å². The number of rotatable bonds is 2. The van der Waals surface area contributed by atoms with E-state index in [-0.39, 0.29) is 5.66 Å². The van der Waals surface area contributed by atoms with Gasteiger partial charge in [-0.1, -0.05) is 6.92 Å². The molecule has 2 N–H and O–H groups in total. The first kappa shape index (κ1) is 8.15. The highest BCUT2D eigenvalue weighted by atomic mass is 31.2. The fourth-order valence-electron chi connectivity index (χ4n) is 0.206. The van der Waals surface area contributed by atoms with Crippen LogP contribution in [-0.4, -0.2) is 9.79 Å². The van der Waals surface area contributed by atoms with Crippen LogP contribution in [0, 0.1) is 5.66 Å². The second-order valence-corrected chi connectivity index (χ2v) is 3.48. The van der Waals surface area contributed by atoms with Crippen LogP contribution in [0.25, 0.3) is 0 Å². The molecule has 0 aromatic heterocycles. The first-order valence-electron chi connectivity index (χ1n) is 2.37. The van der Waals surface area contributed by atoms with E-state index in [1.165, 1.54) is 6.92 Å². The smallest absolute Gasteiger partial charge is 0.324 e. The summed E-state index contributed by atoms with van der Waals surface area (Å²) >= 11 is 0. The standard InChI is InChI=1S/C4H10O3P/c1-3-4(2)8(5,6)7/h3H2,1-2H3,(H2,5,6,7). The van der Waals surface area contributed by atoms with Crippen LogP contribution in [0.15, 0.2) is 0 Å². The second kappa shape index (κ2) is 2.62. The first-order chi connectivity index (χ1) is 3.48. The molecule has 49 valence electrons. The minimum atomic E-state index is -3.84. The minimum Gasteiger partial charge on any atom is -0.324 e. The van der Waals surface area contributed by atoms with Gasteiger partial charge >= 0.3 is 7.60 Å². The van der Waals surface area contributed by atoms with E-state index >= 15 is 0 Å². The number of hydrogen-bond donors (Lipinski definition) is 2. The Bertz CT molecular complexity index is 106. The van der Waals surface area contributed by atoms with Crippen molar-refractivity contribution in [1.29, 1.82) is 0 Å². The van der Waals surface area contributed by atoms with E-state index in [1.807, 2.05) is 0 Å². The van der Waals surface area contributed by atoms with Gasteiger partial charge in [-0.25, -0.2) is 0 Å². The van der Waals surface area contributed by atoms with Crippen molar-refractivity contribution in [2.75, 3.05) is 0 Å². The maximum Gasteiger partial charge on any atom is 0.332 e. The molecule has 0 aromatic carbocycles. The molecule has 0 aliphatic carbocycles. The molecule has 4 heteroatoms. The van der Waals surface area contributed by atoms with Crippen LogP contribution in [0.4, 0.5) is 0 Å². The van der Waals surface area contributed by atoms with E-state index in [9.17, 15) is 4.57 Å². The molecule has 8 heavy (non-hydrogen) atoms. The largest absolute Gasteiger partial charge is 0.332 e. The zero-order chi connectivity index (χ0) is 6.78. The summed E-state index contributed by atoms with van der Waals surface area (Å²) in [5.74, 6) is 0. The first-order valence-corrected chi connectivity index (χ1v) is 3.98. The van der Waals surface area contributed by atoms with Gasteiger partial charge in [-0.05, 0) is 13.3 Å². The Hall–Kier alpha value is 0.150. The molecule has 0 aliphatic heterocycles. The van der Waals surface area contributed by atoms with Crippen molar-refractivity contribution in [2.45, 2.75) is 20.3 Å². The monoisotopic (exact) mass is 137 g/mol. The molecule has 0 bridgehead atoms. The van der Waals surface area contributed by atoms with E-state index in [1.54, 1.807) is 6.92 Å². The van der Waals surface area contributed by atoms with Gasteiger partial charge in [0.25, 0.3) is 0 Å². The Morgan fingerprint density at radius 3 is 2.00 bits per heavy atom. The molecule has 0 fully saturated rings. The Kier molecular flexibility index (Phi) is 2.67. The van der Waals surface area contributed by atoms with Gasteiger partial charge in [-0.15, -0.1) is 0 Å². The van der Waals surface area contributed by atoms with E-state index < -0.39 is 7.60 Å². The van der Waals surface area contributed by atoms with Crippen LogP contribution in [0.3, 0.4) is 0 Å². The van der Waals surface area contributed by atoms with Crippen LogP contribution in [0.2, 0.25) is 0 Å². The Morgan fingerprint density at radius 1 is 1.62 bits per heavy atom. The molecule has 1 radical (unpaired) electrons. The maximum atomic E-state index is 10.2. The Balaban J connectivity index is 3.82. The van der Waals surface area contributed by atoms with E-state index in [0.29, 0.717) is 6.42 Å². The molecular formula is C4H10O3P. The van der Waals surface area contributed by atoms with Crippen LogP contribution in [-0.2, 0) is 4.57 Å². The molecule has 0 heterocycles. The zero-order valence-electron chi connectivity index (χ0n) is 4.96. The van der Waals surface area contributed by atoms with Crippen LogP contribution in [0.1, 0.15) is 20.3 Å². The lowest BCUT2D eigenvalue weighted by atomic mass is 10.4. The predicted octanol–water partition coefficient (Wildman–Crippen LogP) is 1.13. The molecular weight excluding hydrogens is 127 g/mol. The van der Waals surface area contributed by atoms with Crippen LogP contribution < -0.4 is 0 Å². The van der Waals surface area contributed by atoms with Crippen molar-refractivity contribution >= 4 is 7.60 Å². The lowest BCUT2D eigenvalue weighted by molar-refractivity contribution is 0.372. The molecule has 0 rings (SSSR count). The van der Waals surface area contributed by atoms with E-state index in [0.717, 1.165) is 0 Å². The normalized spacial score (nSPS) is 12.6. The SMILES string of the molecule is CC[C](C)P(=O)(O)O. The van der Waals surface area contributed by atoms with Gasteiger partial charge in [0.2, 0.25) is 0 Å². The summed E-state index contributed by atoms with van der Waals surface area (Å²) in [6, 6.07) is 0. The summed E-state index contributed by atoms with van der Waals surface area (Å²) in [7, 11) is -3.84. The highest BCUT2D eigenvalue weighted by Gasteiger charge is 2.21. The van der Waals surface area contributed by atoms with Crippen molar-refractivity contribution in [2.24, 2.45) is 0 Å². The topological polar surface area (TPSA) is 57.5 Å². The van der Waals surface area contributed by atoms with Crippen LogP contribution in [0.5, 0.6) is 0 Å². The fourth-order valence-corrected chi connectivity index (χ4v) is 0.618. The summed E-state index contributed by atoms with van der Waals surface area (Å²) in [6.45, 7) is 3.18. The van der Waals surface area contributed by atoms with Crippen molar-refractivity contribution in [1.82, 2.24) is 0 Å². The van der Waals surface area contributed by atoms with Crippen molar-refractivity contribution in [3.63, 3.8) is 0 Å². The Morgan fingerprint density at radius 2 is 2.00 bits per heavy atom. The molecule has 0 spiro atoms. The molecule has 3 nitrogen and oxygen atoms in total. The third-order valence-corrected chi connectivity index (χ3v) is 2.32. The molecule has 0 atom stereocenters. The van der Waals surface area contributed by atoms with E-state index in [4.69, 9.17) is 9.79 Å². The van der Waals surface area contributed by atoms with Gasteiger partial charge in [0.05, 0.1) is 5.66 Å². The molecule has 0 unspecified atom stereocenters. The molecule has 0 amide bonds. The van der Waals surface area contributed by atoms with Gasteiger partial charge in [-0.2, -0.15) is 0 Å². The van der Waals surface area contributed by atoms with Crippen LogP contribution >= 0.6 is 7.60 Å². The summed E-state index contributed by atoms with van der Waals surface area (Å²) < 4.78 is 10.2. The summed E-state index contributed by atoms with van der Waals surface area (Å²) in [6.07, 6.45) is 0.449. The van der Waals surface area contributed by atoms with E-state index in [2.05, 4.69) is 0 Å². The average molecular weight is 137 g/mol. The van der Waals surface area contributed by atoms with Gasteiger partial charge in [0.15, 0.2) is 0 Å². The third-order valence-electron chi connectivity index (χ3n) is 1.01. The van der Waals surface area contributed by atoms with Crippen molar-refractivity contribution in [3.05, 3.63) is 5.66 Å². The third kappa shape index (κ3) is 2.46. The predicted molar refractivity (Wildman–Crippen MR) is 31.3 cm³/mol. The maximum absolute atomic E-state index is 10.2. The molecule has 0 saturated carbocycles. The summed E-state index contributed by atoms with van der Waals surface area (Å²) in [5.41, 5.74) is 0.248. The summed E-state index contributed by atoms with van der Waals surface area (Å²) in [5, 5.41) is 0.